The van der Waals surface area contributed by atoms with Gasteiger partial charge in [-0.15, -0.1) is 0 Å². The van der Waals surface area contributed by atoms with Crippen molar-refractivity contribution in [3.8, 4) is 11.5 Å². The van der Waals surface area contributed by atoms with Crippen LogP contribution < -0.4 is 14.4 Å². The first kappa shape index (κ1) is 24.3. The minimum absolute atomic E-state index is 0.0785. The molecule has 2 aliphatic heterocycles. The van der Waals surface area contributed by atoms with E-state index in [1.807, 2.05) is 29.2 Å². The monoisotopic (exact) mass is 491 g/mol. The zero-order valence-electron chi connectivity index (χ0n) is 19.4. The summed E-state index contributed by atoms with van der Waals surface area (Å²) in [5.74, 6) is 0.137. The number of ether oxygens (including phenoxy) is 2. The summed E-state index contributed by atoms with van der Waals surface area (Å²) in [6.45, 7) is 3.16. The molecule has 2 aromatic rings. The van der Waals surface area contributed by atoms with Gasteiger partial charge in [0.15, 0.2) is 0 Å². The Balaban J connectivity index is 1.33. The summed E-state index contributed by atoms with van der Waals surface area (Å²) in [5, 5.41) is 0. The van der Waals surface area contributed by atoms with Crippen molar-refractivity contribution in [1.29, 1.82) is 0 Å². The molecule has 2 saturated heterocycles. The highest BCUT2D eigenvalue weighted by Gasteiger charge is 2.36. The van der Waals surface area contributed by atoms with Crippen molar-refractivity contribution in [2.75, 3.05) is 58.4 Å². The van der Waals surface area contributed by atoms with E-state index < -0.39 is 15.8 Å². The van der Waals surface area contributed by atoms with Crippen molar-refractivity contribution in [2.24, 2.45) is 5.92 Å². The number of hydrogen-bond acceptors (Lipinski definition) is 6. The zero-order chi connectivity index (χ0) is 24.3. The Bertz CT molecular complexity index is 1110. The van der Waals surface area contributed by atoms with Gasteiger partial charge < -0.3 is 19.3 Å². The second-order valence-corrected chi connectivity index (χ2v) is 10.4. The molecule has 0 aliphatic carbocycles. The number of hydrogen-bond donors (Lipinski definition) is 0. The second kappa shape index (κ2) is 10.2. The van der Waals surface area contributed by atoms with Gasteiger partial charge in [-0.05, 0) is 55.3 Å². The molecule has 34 heavy (non-hydrogen) atoms. The Kier molecular flexibility index (Phi) is 7.27. The third kappa shape index (κ3) is 4.97. The molecule has 0 radical (unpaired) electrons. The maximum atomic E-state index is 13.7. The molecular formula is C24H30FN3O5S. The van der Waals surface area contributed by atoms with E-state index in [1.165, 1.54) is 17.5 Å². The third-order valence-corrected chi connectivity index (χ3v) is 8.50. The maximum absolute atomic E-state index is 13.7. The topological polar surface area (TPSA) is 79.4 Å². The molecule has 2 heterocycles. The highest BCUT2D eigenvalue weighted by Crippen LogP contribution is 2.31. The minimum Gasteiger partial charge on any atom is -0.497 e. The summed E-state index contributed by atoms with van der Waals surface area (Å²) in [6, 6.07) is 11.3. The number of piperazine rings is 1. The average Bonchev–Trinajstić information content (AvgIpc) is 2.88. The van der Waals surface area contributed by atoms with Crippen LogP contribution in [0.2, 0.25) is 0 Å². The number of carbonyl (C=O) groups excluding carboxylic acids is 1. The molecule has 4 rings (SSSR count). The number of benzene rings is 2. The van der Waals surface area contributed by atoms with Crippen molar-refractivity contribution in [1.82, 2.24) is 9.21 Å². The average molecular weight is 492 g/mol. The molecule has 2 fully saturated rings. The van der Waals surface area contributed by atoms with Crippen molar-refractivity contribution in [3.05, 3.63) is 48.3 Å². The number of nitrogens with zero attached hydrogens (tertiary/aromatic N) is 3. The van der Waals surface area contributed by atoms with Gasteiger partial charge in [0.05, 0.1) is 14.2 Å². The Morgan fingerprint density at radius 1 is 0.912 bits per heavy atom. The smallest absolute Gasteiger partial charge is 0.246 e. The second-order valence-electron chi connectivity index (χ2n) is 8.48. The van der Waals surface area contributed by atoms with Gasteiger partial charge in [0.2, 0.25) is 15.9 Å². The lowest BCUT2D eigenvalue weighted by atomic mass is 9.96. The van der Waals surface area contributed by atoms with Crippen LogP contribution in [0.1, 0.15) is 12.8 Å². The molecule has 184 valence electrons. The number of anilines is 1. The van der Waals surface area contributed by atoms with Crippen LogP contribution in [0.5, 0.6) is 11.5 Å². The Morgan fingerprint density at radius 3 is 2.15 bits per heavy atom. The zero-order valence-corrected chi connectivity index (χ0v) is 20.3. The van der Waals surface area contributed by atoms with E-state index in [-0.39, 0.29) is 35.6 Å². The standard InChI is InChI=1S/C24H30FN3O5S/c1-32-21-6-4-20(5-7-21)26-13-15-27(16-14-26)24(29)18-9-11-28(12-10-18)34(30,31)23-17-19(25)3-8-22(23)33-2/h3-8,17-18H,9-16H2,1-2H3. The van der Waals surface area contributed by atoms with Crippen LogP contribution in [0.3, 0.4) is 0 Å². The quantitative estimate of drug-likeness (QED) is 0.618. The van der Waals surface area contributed by atoms with E-state index in [9.17, 15) is 17.6 Å². The predicted molar refractivity (Wildman–Crippen MR) is 126 cm³/mol. The van der Waals surface area contributed by atoms with Gasteiger partial charge in [-0.1, -0.05) is 0 Å². The number of methoxy groups -OCH3 is 2. The summed E-state index contributed by atoms with van der Waals surface area (Å²) in [7, 11) is -0.927. The van der Waals surface area contributed by atoms with Crippen molar-refractivity contribution < 1.29 is 27.1 Å². The molecule has 0 atom stereocenters. The minimum atomic E-state index is -3.92. The Hall–Kier alpha value is -2.85. The summed E-state index contributed by atoms with van der Waals surface area (Å²) in [5.41, 5.74) is 1.10. The van der Waals surface area contributed by atoms with E-state index >= 15 is 0 Å². The van der Waals surface area contributed by atoms with Gasteiger partial charge in [-0.2, -0.15) is 4.31 Å². The number of halogens is 1. The Morgan fingerprint density at radius 2 is 1.56 bits per heavy atom. The molecule has 8 nitrogen and oxygen atoms in total. The van der Waals surface area contributed by atoms with E-state index in [0.29, 0.717) is 25.9 Å². The predicted octanol–water partition coefficient (Wildman–Crippen LogP) is 2.59. The fourth-order valence-corrected chi connectivity index (χ4v) is 6.21. The van der Waals surface area contributed by atoms with Gasteiger partial charge in [0, 0.05) is 50.9 Å². The Labute approximate surface area is 199 Å². The summed E-state index contributed by atoms with van der Waals surface area (Å²) < 4.78 is 51.5. The van der Waals surface area contributed by atoms with Crippen LogP contribution in [0.25, 0.3) is 0 Å². The van der Waals surface area contributed by atoms with Crippen LogP contribution in [-0.4, -0.2) is 77.0 Å². The summed E-state index contributed by atoms with van der Waals surface area (Å²) in [6.07, 6.45) is 0.878. The fourth-order valence-electron chi connectivity index (χ4n) is 4.57. The van der Waals surface area contributed by atoms with Gasteiger partial charge in [0.25, 0.3) is 0 Å². The molecule has 0 N–H and O–H groups in total. The molecule has 0 unspecified atom stereocenters. The van der Waals surface area contributed by atoms with E-state index in [4.69, 9.17) is 9.47 Å². The molecule has 10 heteroatoms. The molecule has 2 aromatic carbocycles. The highest BCUT2D eigenvalue weighted by molar-refractivity contribution is 7.89. The molecule has 0 spiro atoms. The third-order valence-electron chi connectivity index (χ3n) is 6.58. The van der Waals surface area contributed by atoms with E-state index in [1.54, 1.807) is 7.11 Å². The van der Waals surface area contributed by atoms with Gasteiger partial charge in [-0.25, -0.2) is 12.8 Å². The first-order chi connectivity index (χ1) is 16.3. The molecule has 0 aromatic heterocycles. The first-order valence-electron chi connectivity index (χ1n) is 11.3. The summed E-state index contributed by atoms with van der Waals surface area (Å²) >= 11 is 0. The van der Waals surface area contributed by atoms with Crippen molar-refractivity contribution >= 4 is 21.6 Å². The normalized spacial score (nSPS) is 18.1. The van der Waals surface area contributed by atoms with Crippen molar-refractivity contribution in [3.63, 3.8) is 0 Å². The SMILES string of the molecule is COc1ccc(N2CCN(C(=O)C3CCN(S(=O)(=O)c4cc(F)ccc4OC)CC3)CC2)cc1. The van der Waals surface area contributed by atoms with Crippen molar-refractivity contribution in [2.45, 2.75) is 17.7 Å². The number of sulfonamides is 1. The molecule has 0 bridgehead atoms. The number of piperidine rings is 1. The first-order valence-corrected chi connectivity index (χ1v) is 12.8. The van der Waals surface area contributed by atoms with Crippen LogP contribution in [0.15, 0.2) is 47.4 Å². The van der Waals surface area contributed by atoms with Crippen LogP contribution >= 0.6 is 0 Å². The van der Waals surface area contributed by atoms with Gasteiger partial charge in [-0.3, -0.25) is 4.79 Å². The molecule has 1 amide bonds. The van der Waals surface area contributed by atoms with Gasteiger partial charge in [0.1, 0.15) is 22.2 Å². The molecular weight excluding hydrogens is 461 g/mol. The number of carbonyl (C=O) groups is 1. The molecule has 0 saturated carbocycles. The molecule has 2 aliphatic rings. The number of amides is 1. The van der Waals surface area contributed by atoms with Crippen LogP contribution in [0.4, 0.5) is 10.1 Å². The van der Waals surface area contributed by atoms with E-state index in [2.05, 4.69) is 4.90 Å². The van der Waals surface area contributed by atoms with Crippen LogP contribution in [0, 0.1) is 11.7 Å². The van der Waals surface area contributed by atoms with Gasteiger partial charge >= 0.3 is 0 Å². The van der Waals surface area contributed by atoms with Crippen LogP contribution in [-0.2, 0) is 14.8 Å². The number of rotatable bonds is 6. The fraction of sp³-hybridized carbons (Fsp3) is 0.458. The largest absolute Gasteiger partial charge is 0.497 e. The summed E-state index contributed by atoms with van der Waals surface area (Å²) in [4.78, 5) is 17.0. The lowest BCUT2D eigenvalue weighted by Gasteiger charge is -2.39. The lowest BCUT2D eigenvalue weighted by molar-refractivity contribution is -0.137. The lowest BCUT2D eigenvalue weighted by Crippen LogP contribution is -2.52. The van der Waals surface area contributed by atoms with E-state index in [0.717, 1.165) is 36.7 Å². The maximum Gasteiger partial charge on any atom is 0.246 e. The highest BCUT2D eigenvalue weighted by atomic mass is 32.2.